The van der Waals surface area contributed by atoms with Gasteiger partial charge in [-0.25, -0.2) is 13.1 Å². The van der Waals surface area contributed by atoms with E-state index in [1.807, 2.05) is 4.72 Å². The van der Waals surface area contributed by atoms with Crippen molar-refractivity contribution in [2.75, 3.05) is 0 Å². The van der Waals surface area contributed by atoms with Crippen molar-refractivity contribution in [3.8, 4) is 0 Å². The molecule has 18 heavy (non-hydrogen) atoms. The molecule has 0 aliphatic carbocycles. The quantitative estimate of drug-likeness (QED) is 0.625. The fourth-order valence-electron chi connectivity index (χ4n) is 1.17. The van der Waals surface area contributed by atoms with E-state index in [4.69, 9.17) is 5.73 Å². The summed E-state index contributed by atoms with van der Waals surface area (Å²) in [4.78, 5) is 21.3. The first-order chi connectivity index (χ1) is 8.33. The number of primary amides is 1. The Morgan fingerprint density at radius 1 is 1.50 bits per heavy atom. The Morgan fingerprint density at radius 2 is 2.17 bits per heavy atom. The monoisotopic (exact) mass is 291 g/mol. The van der Waals surface area contributed by atoms with Crippen LogP contribution in [0.1, 0.15) is 12.8 Å². The van der Waals surface area contributed by atoms with Gasteiger partial charge in [-0.3, -0.25) is 4.79 Å². The van der Waals surface area contributed by atoms with E-state index in [1.54, 1.807) is 5.38 Å². The molecule has 1 atom stereocenters. The van der Waals surface area contributed by atoms with Crippen LogP contribution in [-0.4, -0.2) is 26.3 Å². The maximum absolute atomic E-state index is 11.7. The van der Waals surface area contributed by atoms with Crippen LogP contribution in [0.15, 0.2) is 21.7 Å². The van der Waals surface area contributed by atoms with E-state index in [2.05, 4.69) is 0 Å². The van der Waals surface area contributed by atoms with Crippen molar-refractivity contribution in [3.05, 3.63) is 17.5 Å². The molecule has 1 rings (SSSR count). The summed E-state index contributed by atoms with van der Waals surface area (Å²) in [6.45, 7) is 0. The number of amides is 1. The van der Waals surface area contributed by atoms with Gasteiger partial charge in [0, 0.05) is 6.42 Å². The molecule has 1 heterocycles. The molecule has 0 aliphatic rings. The van der Waals surface area contributed by atoms with Gasteiger partial charge in [0.15, 0.2) is 0 Å². The molecule has 0 aliphatic heterocycles. The summed E-state index contributed by atoms with van der Waals surface area (Å²) in [6, 6.07) is 1.38. The second kappa shape index (κ2) is 5.94. The Hall–Kier alpha value is -1.45. The van der Waals surface area contributed by atoms with E-state index in [-0.39, 0.29) is 17.1 Å². The average molecular weight is 291 g/mol. The van der Waals surface area contributed by atoms with Gasteiger partial charge in [0.25, 0.3) is 10.0 Å². The largest absolute Gasteiger partial charge is 0.548 e. The number of nitrogens with two attached hydrogens (primary N) is 1. The van der Waals surface area contributed by atoms with Crippen LogP contribution >= 0.6 is 11.3 Å². The highest BCUT2D eigenvalue weighted by Crippen LogP contribution is 2.16. The molecule has 0 saturated heterocycles. The van der Waals surface area contributed by atoms with Crippen molar-refractivity contribution in [3.63, 3.8) is 0 Å². The molecule has 0 unspecified atom stereocenters. The third-order valence-electron chi connectivity index (χ3n) is 2.02. The van der Waals surface area contributed by atoms with Gasteiger partial charge in [0.05, 0.1) is 12.0 Å². The molecule has 0 fully saturated rings. The molecule has 0 radical (unpaired) electrons. The lowest BCUT2D eigenvalue weighted by Gasteiger charge is -2.18. The van der Waals surface area contributed by atoms with E-state index in [0.717, 1.165) is 11.3 Å². The fourth-order valence-corrected chi connectivity index (χ4v) is 3.40. The average Bonchev–Trinajstić information content (AvgIpc) is 2.77. The van der Waals surface area contributed by atoms with Gasteiger partial charge in [-0.2, -0.15) is 0 Å². The van der Waals surface area contributed by atoms with Crippen LogP contribution in [0, 0.1) is 0 Å². The highest BCUT2D eigenvalue weighted by atomic mass is 32.2. The molecule has 100 valence electrons. The van der Waals surface area contributed by atoms with Gasteiger partial charge < -0.3 is 15.6 Å². The smallest absolute Gasteiger partial charge is 0.250 e. The van der Waals surface area contributed by atoms with Crippen molar-refractivity contribution in [2.45, 2.75) is 23.1 Å². The van der Waals surface area contributed by atoms with Crippen molar-refractivity contribution >= 4 is 33.2 Å². The lowest BCUT2D eigenvalue weighted by molar-refractivity contribution is -0.308. The standard InChI is InChI=1S/C9H12N2O5S2/c10-7(12)4-3-6(9(13)14)11-18(15,16)8-2-1-5-17-8/h1-2,5-6,11H,3-4H2,(H2,10,12)(H,13,14)/p-1/t6-/m1/s1. The van der Waals surface area contributed by atoms with Gasteiger partial charge in [-0.1, -0.05) is 6.07 Å². The topological polar surface area (TPSA) is 129 Å². The molecule has 0 spiro atoms. The number of sulfonamides is 1. The molecule has 1 aromatic heterocycles. The number of carboxylic acids is 1. The van der Waals surface area contributed by atoms with E-state index in [0.29, 0.717) is 0 Å². The number of rotatable bonds is 7. The predicted octanol–water partition coefficient (Wildman–Crippen LogP) is -1.59. The second-order valence-corrected chi connectivity index (χ2v) is 6.32. The number of aliphatic carboxylic acids is 1. The molecular formula is C9H11N2O5S2-. The molecule has 9 heteroatoms. The third-order valence-corrected chi connectivity index (χ3v) is 4.89. The van der Waals surface area contributed by atoms with Gasteiger partial charge in [-0.05, 0) is 17.9 Å². The van der Waals surface area contributed by atoms with Crippen molar-refractivity contribution in [1.82, 2.24) is 4.72 Å². The Kier molecular flexibility index (Phi) is 4.82. The van der Waals surface area contributed by atoms with Crippen molar-refractivity contribution in [2.24, 2.45) is 5.73 Å². The first kappa shape index (κ1) is 14.6. The zero-order valence-electron chi connectivity index (χ0n) is 9.16. The molecule has 0 bridgehead atoms. The van der Waals surface area contributed by atoms with E-state index < -0.39 is 27.9 Å². The minimum atomic E-state index is -3.91. The van der Waals surface area contributed by atoms with E-state index in [9.17, 15) is 23.1 Å². The zero-order chi connectivity index (χ0) is 13.8. The highest BCUT2D eigenvalue weighted by Gasteiger charge is 2.22. The highest BCUT2D eigenvalue weighted by molar-refractivity contribution is 7.91. The Bertz CT molecular complexity index is 523. The fraction of sp³-hybridized carbons (Fsp3) is 0.333. The summed E-state index contributed by atoms with van der Waals surface area (Å²) in [5.41, 5.74) is 4.87. The summed E-state index contributed by atoms with van der Waals surface area (Å²) in [5, 5.41) is 12.3. The van der Waals surface area contributed by atoms with Gasteiger partial charge in [0.2, 0.25) is 5.91 Å². The molecule has 0 aromatic carbocycles. The van der Waals surface area contributed by atoms with Crippen LogP contribution in [0.5, 0.6) is 0 Å². The van der Waals surface area contributed by atoms with Gasteiger partial charge >= 0.3 is 0 Å². The minimum absolute atomic E-state index is 0.00664. The first-order valence-corrected chi connectivity index (χ1v) is 7.24. The number of thiophene rings is 1. The Balaban J connectivity index is 2.78. The Morgan fingerprint density at radius 3 is 2.61 bits per heavy atom. The number of carboxylic acid groups (broad SMARTS) is 1. The van der Waals surface area contributed by atoms with Gasteiger partial charge in [0.1, 0.15) is 4.21 Å². The lowest BCUT2D eigenvalue weighted by Crippen LogP contribution is -2.48. The molecule has 1 amide bonds. The van der Waals surface area contributed by atoms with Crippen LogP contribution in [0.2, 0.25) is 0 Å². The minimum Gasteiger partial charge on any atom is -0.548 e. The molecule has 7 nitrogen and oxygen atoms in total. The summed E-state index contributed by atoms with van der Waals surface area (Å²) in [7, 11) is -3.91. The first-order valence-electron chi connectivity index (χ1n) is 4.88. The number of carbonyl (C=O) groups is 2. The van der Waals surface area contributed by atoms with E-state index in [1.165, 1.54) is 12.1 Å². The zero-order valence-corrected chi connectivity index (χ0v) is 10.8. The summed E-state index contributed by atoms with van der Waals surface area (Å²) in [5.74, 6) is -2.31. The summed E-state index contributed by atoms with van der Waals surface area (Å²) < 4.78 is 25.4. The maximum atomic E-state index is 11.7. The SMILES string of the molecule is NC(=O)CC[C@@H](NS(=O)(=O)c1cccs1)C(=O)[O-]. The summed E-state index contributed by atoms with van der Waals surface area (Å²) in [6.07, 6.45) is -0.492. The van der Waals surface area contributed by atoms with Crippen LogP contribution in [0.25, 0.3) is 0 Å². The number of hydrogen-bond acceptors (Lipinski definition) is 6. The lowest BCUT2D eigenvalue weighted by atomic mass is 10.2. The predicted molar refractivity (Wildman–Crippen MR) is 61.9 cm³/mol. The van der Waals surface area contributed by atoms with Gasteiger partial charge in [-0.15, -0.1) is 11.3 Å². The number of nitrogens with one attached hydrogen (secondary N) is 1. The van der Waals surface area contributed by atoms with Crippen LogP contribution in [0.4, 0.5) is 0 Å². The van der Waals surface area contributed by atoms with Crippen LogP contribution in [-0.2, 0) is 19.6 Å². The molecule has 3 N–H and O–H groups in total. The van der Waals surface area contributed by atoms with Crippen molar-refractivity contribution < 1.29 is 23.1 Å². The molecule has 1 aromatic rings. The third kappa shape index (κ3) is 4.09. The molecular weight excluding hydrogens is 280 g/mol. The maximum Gasteiger partial charge on any atom is 0.250 e. The van der Waals surface area contributed by atoms with Crippen LogP contribution in [0.3, 0.4) is 0 Å². The molecule has 0 saturated carbocycles. The van der Waals surface area contributed by atoms with Crippen molar-refractivity contribution in [1.29, 1.82) is 0 Å². The second-order valence-electron chi connectivity index (χ2n) is 3.43. The summed E-state index contributed by atoms with van der Waals surface area (Å²) >= 11 is 0.953. The Labute approximate surface area is 108 Å². The number of carbonyl (C=O) groups excluding carboxylic acids is 2. The number of hydrogen-bond donors (Lipinski definition) is 2. The van der Waals surface area contributed by atoms with Crippen LogP contribution < -0.4 is 15.6 Å². The normalized spacial score (nSPS) is 13.1. The van der Waals surface area contributed by atoms with E-state index >= 15 is 0 Å².